The van der Waals surface area contributed by atoms with Gasteiger partial charge in [0.1, 0.15) is 0 Å². The van der Waals surface area contributed by atoms with Crippen LogP contribution in [0.1, 0.15) is 30.9 Å². The van der Waals surface area contributed by atoms with Crippen molar-refractivity contribution in [3.05, 3.63) is 29.3 Å². The number of likely N-dealkylation sites (tertiary alicyclic amines) is 1. The number of rotatable bonds is 6. The third-order valence-corrected chi connectivity index (χ3v) is 5.30. The number of amides is 3. The van der Waals surface area contributed by atoms with E-state index in [2.05, 4.69) is 10.6 Å². The Morgan fingerprint density at radius 2 is 1.89 bits per heavy atom. The van der Waals surface area contributed by atoms with E-state index >= 15 is 0 Å². The predicted molar refractivity (Wildman–Crippen MR) is 107 cm³/mol. The average molecular weight is 390 g/mol. The quantitative estimate of drug-likeness (QED) is 0.685. The Balaban J connectivity index is 1.82. The SMILES string of the molecule is Cc1ccc(NC(=O)NC(=O)C(C)N2CCC(N(C)CC(=O)O)CC2)c(C)c1. The van der Waals surface area contributed by atoms with Gasteiger partial charge in [0.05, 0.1) is 12.6 Å². The third kappa shape index (κ3) is 6.03. The molecule has 3 amide bonds. The third-order valence-electron chi connectivity index (χ3n) is 5.30. The molecular weight excluding hydrogens is 360 g/mol. The Labute approximate surface area is 165 Å². The fraction of sp³-hybridized carbons (Fsp3) is 0.550. The number of piperidine rings is 1. The summed E-state index contributed by atoms with van der Waals surface area (Å²) in [5, 5.41) is 14.0. The van der Waals surface area contributed by atoms with Crippen LogP contribution >= 0.6 is 0 Å². The number of benzene rings is 1. The van der Waals surface area contributed by atoms with Crippen LogP contribution in [0.25, 0.3) is 0 Å². The summed E-state index contributed by atoms with van der Waals surface area (Å²) in [5.41, 5.74) is 2.71. The molecule has 1 unspecified atom stereocenters. The Kier molecular flexibility index (Phi) is 7.53. The molecule has 0 saturated carbocycles. The first-order chi connectivity index (χ1) is 13.2. The van der Waals surface area contributed by atoms with Crippen molar-refractivity contribution in [2.45, 2.75) is 45.7 Å². The molecule has 28 heavy (non-hydrogen) atoms. The monoisotopic (exact) mass is 390 g/mol. The minimum Gasteiger partial charge on any atom is -0.480 e. The second kappa shape index (κ2) is 9.66. The number of urea groups is 1. The predicted octanol–water partition coefficient (Wildman–Crippen LogP) is 1.82. The molecule has 1 heterocycles. The minimum atomic E-state index is -0.840. The van der Waals surface area contributed by atoms with Gasteiger partial charge < -0.3 is 10.4 Å². The van der Waals surface area contributed by atoms with Crippen LogP contribution in [-0.2, 0) is 9.59 Å². The van der Waals surface area contributed by atoms with E-state index in [0.29, 0.717) is 18.8 Å². The molecule has 0 radical (unpaired) electrons. The van der Waals surface area contributed by atoms with Crippen molar-refractivity contribution < 1.29 is 19.5 Å². The summed E-state index contributed by atoms with van der Waals surface area (Å²) >= 11 is 0. The number of nitrogens with zero attached hydrogens (tertiary/aromatic N) is 2. The summed E-state index contributed by atoms with van der Waals surface area (Å²) in [6, 6.07) is 4.90. The lowest BCUT2D eigenvalue weighted by atomic mass is 10.0. The number of nitrogens with one attached hydrogen (secondary N) is 2. The molecule has 8 heteroatoms. The first kappa shape index (κ1) is 21.8. The molecule has 3 N–H and O–H groups in total. The summed E-state index contributed by atoms with van der Waals surface area (Å²) in [6.45, 7) is 7.04. The van der Waals surface area contributed by atoms with E-state index in [9.17, 15) is 14.4 Å². The van der Waals surface area contributed by atoms with Gasteiger partial charge in [0.15, 0.2) is 0 Å². The van der Waals surface area contributed by atoms with Crippen molar-refractivity contribution in [1.82, 2.24) is 15.1 Å². The van der Waals surface area contributed by atoms with Gasteiger partial charge >= 0.3 is 12.0 Å². The average Bonchev–Trinajstić information content (AvgIpc) is 2.63. The number of imide groups is 1. The zero-order valence-electron chi connectivity index (χ0n) is 17.0. The number of carbonyl (C=O) groups excluding carboxylic acids is 2. The normalized spacial score (nSPS) is 16.6. The van der Waals surface area contributed by atoms with Crippen molar-refractivity contribution in [2.75, 3.05) is 32.0 Å². The van der Waals surface area contributed by atoms with E-state index in [1.165, 1.54) is 0 Å². The number of anilines is 1. The molecule has 1 saturated heterocycles. The van der Waals surface area contributed by atoms with Gasteiger partial charge in [-0.3, -0.25) is 24.7 Å². The molecule has 8 nitrogen and oxygen atoms in total. The Morgan fingerprint density at radius 3 is 2.46 bits per heavy atom. The highest BCUT2D eigenvalue weighted by Crippen LogP contribution is 2.18. The zero-order chi connectivity index (χ0) is 20.8. The molecule has 0 aromatic heterocycles. The number of hydrogen-bond acceptors (Lipinski definition) is 5. The second-order valence-electron chi connectivity index (χ2n) is 7.51. The van der Waals surface area contributed by atoms with Gasteiger partial charge in [-0.1, -0.05) is 17.7 Å². The van der Waals surface area contributed by atoms with Crippen LogP contribution in [0, 0.1) is 13.8 Å². The second-order valence-corrected chi connectivity index (χ2v) is 7.51. The number of carbonyl (C=O) groups is 3. The largest absolute Gasteiger partial charge is 0.480 e. The summed E-state index contributed by atoms with van der Waals surface area (Å²) in [4.78, 5) is 39.3. The highest BCUT2D eigenvalue weighted by atomic mass is 16.4. The van der Waals surface area contributed by atoms with Crippen LogP contribution in [0.2, 0.25) is 0 Å². The fourth-order valence-corrected chi connectivity index (χ4v) is 3.55. The lowest BCUT2D eigenvalue weighted by Gasteiger charge is -2.38. The van der Waals surface area contributed by atoms with Crippen LogP contribution in [0.15, 0.2) is 18.2 Å². The zero-order valence-corrected chi connectivity index (χ0v) is 17.0. The van der Waals surface area contributed by atoms with Crippen molar-refractivity contribution in [1.29, 1.82) is 0 Å². The highest BCUT2D eigenvalue weighted by Gasteiger charge is 2.29. The standard InChI is InChI=1S/C20H30N4O4/c1-13-5-6-17(14(2)11-13)21-20(28)22-19(27)15(3)24-9-7-16(8-10-24)23(4)12-18(25)26/h5-6,11,15-16H,7-10,12H2,1-4H3,(H,25,26)(H2,21,22,27,28). The first-order valence-electron chi connectivity index (χ1n) is 9.52. The number of hydrogen-bond donors (Lipinski definition) is 3. The number of likely N-dealkylation sites (N-methyl/N-ethyl adjacent to an activating group) is 1. The molecule has 0 aliphatic carbocycles. The van der Waals surface area contributed by atoms with E-state index in [1.807, 2.05) is 48.9 Å². The molecule has 2 rings (SSSR count). The van der Waals surface area contributed by atoms with Crippen LogP contribution < -0.4 is 10.6 Å². The van der Waals surface area contributed by atoms with Crippen LogP contribution in [-0.4, -0.2) is 71.6 Å². The van der Waals surface area contributed by atoms with E-state index in [-0.39, 0.29) is 18.5 Å². The van der Waals surface area contributed by atoms with Gasteiger partial charge in [-0.2, -0.15) is 0 Å². The van der Waals surface area contributed by atoms with Crippen molar-refractivity contribution in [3.63, 3.8) is 0 Å². The number of aliphatic carboxylic acids is 1. The summed E-state index contributed by atoms with van der Waals surface area (Å²) in [5.74, 6) is -1.19. The van der Waals surface area contributed by atoms with Crippen LogP contribution in [0.3, 0.4) is 0 Å². The van der Waals surface area contributed by atoms with Gasteiger partial charge in [0, 0.05) is 24.8 Å². The minimum absolute atomic E-state index is 0.0132. The highest BCUT2D eigenvalue weighted by molar-refractivity contribution is 6.03. The lowest BCUT2D eigenvalue weighted by Crippen LogP contribution is -2.52. The lowest BCUT2D eigenvalue weighted by molar-refractivity contribution is -0.138. The molecule has 1 aromatic rings. The summed E-state index contributed by atoms with van der Waals surface area (Å²) < 4.78 is 0. The van der Waals surface area contributed by atoms with E-state index in [0.717, 1.165) is 24.0 Å². The van der Waals surface area contributed by atoms with E-state index in [1.54, 1.807) is 6.92 Å². The molecule has 0 bridgehead atoms. The first-order valence-corrected chi connectivity index (χ1v) is 9.52. The van der Waals surface area contributed by atoms with Gasteiger partial charge in [0.25, 0.3) is 0 Å². The molecule has 1 fully saturated rings. The van der Waals surface area contributed by atoms with Crippen molar-refractivity contribution >= 4 is 23.6 Å². The van der Waals surface area contributed by atoms with E-state index < -0.39 is 18.0 Å². The molecule has 1 atom stereocenters. The molecule has 154 valence electrons. The van der Waals surface area contributed by atoms with Crippen molar-refractivity contribution in [3.8, 4) is 0 Å². The van der Waals surface area contributed by atoms with Gasteiger partial charge in [0.2, 0.25) is 5.91 Å². The molecule has 1 aliphatic rings. The maximum Gasteiger partial charge on any atom is 0.325 e. The number of aryl methyl sites for hydroxylation is 2. The van der Waals surface area contributed by atoms with Gasteiger partial charge in [-0.15, -0.1) is 0 Å². The maximum absolute atomic E-state index is 12.4. The molecule has 1 aliphatic heterocycles. The van der Waals surface area contributed by atoms with Crippen LogP contribution in [0.4, 0.5) is 10.5 Å². The summed E-state index contributed by atoms with van der Waals surface area (Å²) in [6.07, 6.45) is 1.58. The topological polar surface area (TPSA) is 102 Å². The Bertz CT molecular complexity index is 729. The number of carboxylic acids is 1. The van der Waals surface area contributed by atoms with Gasteiger partial charge in [-0.05, 0) is 52.3 Å². The van der Waals surface area contributed by atoms with Crippen LogP contribution in [0.5, 0.6) is 0 Å². The Hall–Kier alpha value is -2.45. The smallest absolute Gasteiger partial charge is 0.325 e. The molecule has 1 aromatic carbocycles. The maximum atomic E-state index is 12.4. The molecular formula is C20H30N4O4. The van der Waals surface area contributed by atoms with Gasteiger partial charge in [-0.25, -0.2) is 4.79 Å². The van der Waals surface area contributed by atoms with E-state index in [4.69, 9.17) is 5.11 Å². The fourth-order valence-electron chi connectivity index (χ4n) is 3.55. The Morgan fingerprint density at radius 1 is 1.25 bits per heavy atom. The summed E-state index contributed by atoms with van der Waals surface area (Å²) in [7, 11) is 1.81. The number of carboxylic acid groups (broad SMARTS) is 1. The molecule has 0 spiro atoms. The van der Waals surface area contributed by atoms with Crippen molar-refractivity contribution in [2.24, 2.45) is 0 Å².